The van der Waals surface area contributed by atoms with Crippen LogP contribution in [0.3, 0.4) is 0 Å². The third-order valence-corrected chi connectivity index (χ3v) is 5.05. The molecule has 0 aliphatic heterocycles. The molecule has 0 atom stereocenters. The van der Waals surface area contributed by atoms with E-state index >= 15 is 0 Å². The summed E-state index contributed by atoms with van der Waals surface area (Å²) < 4.78 is 5.38. The third-order valence-electron chi connectivity index (χ3n) is 4.02. The number of hydrogen-bond acceptors (Lipinski definition) is 8. The van der Waals surface area contributed by atoms with Crippen LogP contribution in [0.2, 0.25) is 0 Å². The van der Waals surface area contributed by atoms with Gasteiger partial charge in [0.1, 0.15) is 11.6 Å². The summed E-state index contributed by atoms with van der Waals surface area (Å²) in [7, 11) is 0. The number of carbonyl (C=O) groups is 2. The summed E-state index contributed by atoms with van der Waals surface area (Å²) in [6, 6.07) is 9.24. The molecule has 0 radical (unpaired) electrons. The standard InChI is InChI=1S/C19H16N6O3S/c1-2-13(26)14-8-20-16(29-14)10-25-22-9-15(24-25)23-19(27)17-18(28-11-21-17)12-6-4-3-5-7-12/h3-9,11H,2,10H2,1H3,(H,23,24,27). The Kier molecular flexibility index (Phi) is 5.25. The Morgan fingerprint density at radius 2 is 2.00 bits per heavy atom. The van der Waals surface area contributed by atoms with Gasteiger partial charge in [-0.3, -0.25) is 9.59 Å². The molecular formula is C19H16N6O3S. The number of nitrogens with zero attached hydrogens (tertiary/aromatic N) is 5. The van der Waals surface area contributed by atoms with Crippen LogP contribution in [0, 0.1) is 0 Å². The highest BCUT2D eigenvalue weighted by molar-refractivity contribution is 7.13. The van der Waals surface area contributed by atoms with Crippen molar-refractivity contribution in [3.63, 3.8) is 0 Å². The van der Waals surface area contributed by atoms with E-state index in [4.69, 9.17) is 4.42 Å². The minimum Gasteiger partial charge on any atom is -0.443 e. The smallest absolute Gasteiger partial charge is 0.279 e. The molecule has 0 saturated carbocycles. The Bertz CT molecular complexity index is 1150. The number of anilines is 1. The Morgan fingerprint density at radius 3 is 2.79 bits per heavy atom. The van der Waals surface area contributed by atoms with Crippen LogP contribution in [0.25, 0.3) is 11.3 Å². The second-order valence-corrected chi connectivity index (χ2v) is 7.12. The topological polar surface area (TPSA) is 116 Å². The van der Waals surface area contributed by atoms with Gasteiger partial charge in [-0.1, -0.05) is 37.3 Å². The van der Waals surface area contributed by atoms with Crippen molar-refractivity contribution in [1.82, 2.24) is 25.0 Å². The van der Waals surface area contributed by atoms with E-state index < -0.39 is 5.91 Å². The molecule has 0 fully saturated rings. The molecule has 0 unspecified atom stereocenters. The molecule has 1 N–H and O–H groups in total. The van der Waals surface area contributed by atoms with Crippen molar-refractivity contribution in [2.75, 3.05) is 5.32 Å². The van der Waals surface area contributed by atoms with Gasteiger partial charge in [0.25, 0.3) is 5.91 Å². The first-order valence-corrected chi connectivity index (χ1v) is 9.64. The van der Waals surface area contributed by atoms with E-state index in [0.29, 0.717) is 28.6 Å². The number of aromatic nitrogens is 5. The number of nitrogens with one attached hydrogen (secondary N) is 1. The predicted molar refractivity (Wildman–Crippen MR) is 106 cm³/mol. The van der Waals surface area contributed by atoms with Crippen LogP contribution in [0.1, 0.15) is 38.5 Å². The molecule has 10 heteroatoms. The summed E-state index contributed by atoms with van der Waals surface area (Å²) in [6.45, 7) is 2.11. The average molecular weight is 408 g/mol. The largest absolute Gasteiger partial charge is 0.443 e. The van der Waals surface area contributed by atoms with Gasteiger partial charge < -0.3 is 9.73 Å². The van der Waals surface area contributed by atoms with Crippen molar-refractivity contribution >= 4 is 28.8 Å². The maximum absolute atomic E-state index is 12.6. The summed E-state index contributed by atoms with van der Waals surface area (Å²) in [4.78, 5) is 34.6. The molecule has 4 aromatic rings. The van der Waals surface area contributed by atoms with Gasteiger partial charge in [0, 0.05) is 18.2 Å². The van der Waals surface area contributed by atoms with Crippen LogP contribution >= 0.6 is 11.3 Å². The first-order chi connectivity index (χ1) is 14.1. The number of hydrogen-bond donors (Lipinski definition) is 1. The number of ketones is 1. The molecule has 1 amide bonds. The number of oxazole rings is 1. The van der Waals surface area contributed by atoms with Gasteiger partial charge >= 0.3 is 0 Å². The van der Waals surface area contributed by atoms with E-state index in [1.54, 1.807) is 6.20 Å². The van der Waals surface area contributed by atoms with E-state index in [9.17, 15) is 9.59 Å². The quantitative estimate of drug-likeness (QED) is 0.467. The summed E-state index contributed by atoms with van der Waals surface area (Å²) in [5.41, 5.74) is 0.911. The maximum atomic E-state index is 12.6. The molecular weight excluding hydrogens is 392 g/mol. The summed E-state index contributed by atoms with van der Waals surface area (Å²) in [5, 5.41) is 11.7. The van der Waals surface area contributed by atoms with Crippen LogP contribution in [-0.2, 0) is 6.54 Å². The maximum Gasteiger partial charge on any atom is 0.279 e. The zero-order valence-corrected chi connectivity index (χ0v) is 16.2. The first-order valence-electron chi connectivity index (χ1n) is 8.82. The van der Waals surface area contributed by atoms with Crippen LogP contribution in [0.4, 0.5) is 5.82 Å². The van der Waals surface area contributed by atoms with Crippen molar-refractivity contribution < 1.29 is 14.0 Å². The predicted octanol–water partition coefficient (Wildman–Crippen LogP) is 3.28. The lowest BCUT2D eigenvalue weighted by molar-refractivity contribution is 0.0989. The second kappa shape index (κ2) is 8.15. The zero-order chi connectivity index (χ0) is 20.2. The van der Waals surface area contributed by atoms with Crippen LogP contribution in [0.15, 0.2) is 53.5 Å². The molecule has 0 aliphatic rings. The molecule has 146 valence electrons. The van der Waals surface area contributed by atoms with Gasteiger partial charge in [0.15, 0.2) is 29.4 Å². The van der Waals surface area contributed by atoms with E-state index in [-0.39, 0.29) is 17.3 Å². The molecule has 9 nitrogen and oxygen atoms in total. The molecule has 0 bridgehead atoms. The van der Waals surface area contributed by atoms with E-state index in [0.717, 1.165) is 5.56 Å². The number of Topliss-reactive ketones (excluding diaryl/α,β-unsaturated/α-hetero) is 1. The molecule has 4 rings (SSSR count). The highest BCUT2D eigenvalue weighted by atomic mass is 32.1. The number of thiazole rings is 1. The summed E-state index contributed by atoms with van der Waals surface area (Å²) in [5.74, 6) is 0.261. The first kappa shape index (κ1) is 18.7. The van der Waals surface area contributed by atoms with Crippen molar-refractivity contribution in [3.8, 4) is 11.3 Å². The Balaban J connectivity index is 1.45. The molecule has 3 heterocycles. The van der Waals surface area contributed by atoms with Gasteiger partial charge in [0.2, 0.25) is 0 Å². The van der Waals surface area contributed by atoms with Gasteiger partial charge in [-0.15, -0.1) is 16.4 Å². The monoisotopic (exact) mass is 408 g/mol. The fourth-order valence-electron chi connectivity index (χ4n) is 2.62. The normalized spacial score (nSPS) is 10.8. The van der Waals surface area contributed by atoms with Crippen molar-refractivity contribution in [1.29, 1.82) is 0 Å². The fraction of sp³-hybridized carbons (Fsp3) is 0.158. The molecule has 1 aromatic carbocycles. The lowest BCUT2D eigenvalue weighted by Crippen LogP contribution is -2.14. The molecule has 0 spiro atoms. The number of amides is 1. The molecule has 0 saturated heterocycles. The van der Waals surface area contributed by atoms with Gasteiger partial charge in [-0.05, 0) is 0 Å². The summed E-state index contributed by atoms with van der Waals surface area (Å²) >= 11 is 1.31. The van der Waals surface area contributed by atoms with Crippen LogP contribution in [-0.4, -0.2) is 36.7 Å². The fourth-order valence-corrected chi connectivity index (χ4v) is 3.52. The Hall–Kier alpha value is -3.66. The van der Waals surface area contributed by atoms with Gasteiger partial charge in [-0.25, -0.2) is 9.97 Å². The highest BCUT2D eigenvalue weighted by Gasteiger charge is 2.19. The Morgan fingerprint density at radius 1 is 1.17 bits per heavy atom. The van der Waals surface area contributed by atoms with Crippen molar-refractivity contribution in [3.05, 3.63) is 64.7 Å². The highest BCUT2D eigenvalue weighted by Crippen LogP contribution is 2.23. The Labute approximate surface area is 169 Å². The number of benzene rings is 1. The van der Waals surface area contributed by atoms with Crippen molar-refractivity contribution in [2.45, 2.75) is 19.9 Å². The summed E-state index contributed by atoms with van der Waals surface area (Å²) in [6.07, 6.45) is 4.66. The van der Waals surface area contributed by atoms with Gasteiger partial charge in [-0.2, -0.15) is 9.90 Å². The second-order valence-electron chi connectivity index (χ2n) is 6.01. The lowest BCUT2D eigenvalue weighted by Gasteiger charge is -2.01. The molecule has 29 heavy (non-hydrogen) atoms. The van der Waals surface area contributed by atoms with E-state index in [2.05, 4.69) is 25.5 Å². The average Bonchev–Trinajstić information content (AvgIpc) is 3.49. The number of carbonyl (C=O) groups excluding carboxylic acids is 2. The van der Waals surface area contributed by atoms with Crippen molar-refractivity contribution in [2.24, 2.45) is 0 Å². The van der Waals surface area contributed by atoms with Crippen LogP contribution in [0.5, 0.6) is 0 Å². The minimum absolute atomic E-state index is 0.0527. The zero-order valence-electron chi connectivity index (χ0n) is 15.4. The SMILES string of the molecule is CCC(=O)c1cnc(Cn2ncc(NC(=O)c3ncoc3-c3ccccc3)n2)s1. The van der Waals surface area contributed by atoms with E-state index in [1.807, 2.05) is 37.3 Å². The third kappa shape index (κ3) is 4.11. The van der Waals surface area contributed by atoms with Crippen LogP contribution < -0.4 is 5.32 Å². The molecule has 0 aliphatic carbocycles. The van der Waals surface area contributed by atoms with Gasteiger partial charge in [0.05, 0.1) is 11.1 Å². The number of rotatable bonds is 7. The molecule has 3 aromatic heterocycles. The van der Waals surface area contributed by atoms with E-state index in [1.165, 1.54) is 28.7 Å². The minimum atomic E-state index is -0.449. The lowest BCUT2D eigenvalue weighted by atomic mass is 10.1.